The standard InChI is InChI=1S/C14H11F3O/c1-2-18-14-10(6-4-8-12(14)16)9-5-3-7-11(15)13(9)17/h3-8H,2H2,1H3. The van der Waals surface area contributed by atoms with Gasteiger partial charge in [0.1, 0.15) is 0 Å². The Hall–Kier alpha value is -1.97. The van der Waals surface area contributed by atoms with E-state index in [0.29, 0.717) is 0 Å². The Kier molecular flexibility index (Phi) is 3.55. The van der Waals surface area contributed by atoms with Gasteiger partial charge < -0.3 is 4.74 Å². The third-order valence-corrected chi connectivity index (χ3v) is 2.50. The van der Waals surface area contributed by atoms with Gasteiger partial charge in [0.15, 0.2) is 23.2 Å². The Morgan fingerprint density at radius 2 is 1.50 bits per heavy atom. The Morgan fingerprint density at radius 1 is 0.889 bits per heavy atom. The zero-order valence-electron chi connectivity index (χ0n) is 9.71. The first-order chi connectivity index (χ1) is 8.65. The van der Waals surface area contributed by atoms with Crippen molar-refractivity contribution in [1.82, 2.24) is 0 Å². The summed E-state index contributed by atoms with van der Waals surface area (Å²) in [5, 5.41) is 0. The van der Waals surface area contributed by atoms with E-state index in [1.807, 2.05) is 0 Å². The summed E-state index contributed by atoms with van der Waals surface area (Å²) in [6.07, 6.45) is 0. The monoisotopic (exact) mass is 252 g/mol. The third kappa shape index (κ3) is 2.18. The summed E-state index contributed by atoms with van der Waals surface area (Å²) < 4.78 is 45.6. The minimum Gasteiger partial charge on any atom is -0.490 e. The van der Waals surface area contributed by atoms with Crippen LogP contribution in [0.15, 0.2) is 36.4 Å². The van der Waals surface area contributed by atoms with E-state index in [1.54, 1.807) is 6.92 Å². The Balaban J connectivity index is 2.63. The lowest BCUT2D eigenvalue weighted by atomic mass is 10.0. The quantitative estimate of drug-likeness (QED) is 0.796. The molecule has 0 spiro atoms. The summed E-state index contributed by atoms with van der Waals surface area (Å²) in [6.45, 7) is 1.93. The lowest BCUT2D eigenvalue weighted by Crippen LogP contribution is -1.99. The van der Waals surface area contributed by atoms with Gasteiger partial charge in [0, 0.05) is 11.1 Å². The minimum absolute atomic E-state index is 0.0158. The normalized spacial score (nSPS) is 10.4. The molecule has 4 heteroatoms. The molecule has 1 nitrogen and oxygen atoms in total. The summed E-state index contributed by atoms with van der Waals surface area (Å²) in [7, 11) is 0. The number of halogens is 3. The molecule has 0 N–H and O–H groups in total. The van der Waals surface area contributed by atoms with Crippen molar-refractivity contribution in [3.8, 4) is 16.9 Å². The smallest absolute Gasteiger partial charge is 0.166 e. The number of rotatable bonds is 3. The fraction of sp³-hybridized carbons (Fsp3) is 0.143. The summed E-state index contributed by atoms with van der Waals surface area (Å²) >= 11 is 0. The van der Waals surface area contributed by atoms with Crippen LogP contribution in [-0.4, -0.2) is 6.61 Å². The van der Waals surface area contributed by atoms with Crippen molar-refractivity contribution < 1.29 is 17.9 Å². The van der Waals surface area contributed by atoms with Gasteiger partial charge in [0.05, 0.1) is 6.61 Å². The van der Waals surface area contributed by atoms with Crippen LogP contribution >= 0.6 is 0 Å². The average Bonchev–Trinajstić information content (AvgIpc) is 2.36. The number of hydrogen-bond acceptors (Lipinski definition) is 1. The second kappa shape index (κ2) is 5.12. The van der Waals surface area contributed by atoms with E-state index in [9.17, 15) is 13.2 Å². The van der Waals surface area contributed by atoms with Crippen molar-refractivity contribution in [2.24, 2.45) is 0 Å². The van der Waals surface area contributed by atoms with Crippen molar-refractivity contribution in [3.05, 3.63) is 53.8 Å². The maximum absolute atomic E-state index is 13.7. The molecular formula is C14H11F3O. The van der Waals surface area contributed by atoms with Crippen LogP contribution in [0.25, 0.3) is 11.1 Å². The molecule has 0 fully saturated rings. The van der Waals surface area contributed by atoms with E-state index in [0.717, 1.165) is 6.07 Å². The predicted octanol–water partition coefficient (Wildman–Crippen LogP) is 4.17. The molecule has 18 heavy (non-hydrogen) atoms. The van der Waals surface area contributed by atoms with Gasteiger partial charge >= 0.3 is 0 Å². The number of ether oxygens (including phenoxy) is 1. The molecule has 0 saturated carbocycles. The molecule has 2 aromatic carbocycles. The Morgan fingerprint density at radius 3 is 2.17 bits per heavy atom. The highest BCUT2D eigenvalue weighted by molar-refractivity contribution is 5.71. The van der Waals surface area contributed by atoms with Gasteiger partial charge in [-0.15, -0.1) is 0 Å². The molecule has 2 rings (SSSR count). The van der Waals surface area contributed by atoms with Crippen molar-refractivity contribution >= 4 is 0 Å². The highest BCUT2D eigenvalue weighted by Crippen LogP contribution is 2.34. The SMILES string of the molecule is CCOc1c(F)cccc1-c1cccc(F)c1F. The number of benzene rings is 2. The van der Waals surface area contributed by atoms with Crippen molar-refractivity contribution in [3.63, 3.8) is 0 Å². The second-order valence-electron chi connectivity index (χ2n) is 3.65. The van der Waals surface area contributed by atoms with Crippen LogP contribution < -0.4 is 4.74 Å². The van der Waals surface area contributed by atoms with Crippen molar-refractivity contribution in [1.29, 1.82) is 0 Å². The first-order valence-electron chi connectivity index (χ1n) is 5.50. The van der Waals surface area contributed by atoms with Crippen LogP contribution in [0.2, 0.25) is 0 Å². The molecule has 0 bridgehead atoms. The Labute approximate surface area is 103 Å². The molecule has 0 aliphatic carbocycles. The van der Waals surface area contributed by atoms with Crippen LogP contribution in [0.3, 0.4) is 0 Å². The molecule has 0 saturated heterocycles. The zero-order valence-corrected chi connectivity index (χ0v) is 9.71. The molecule has 0 aliphatic rings. The zero-order chi connectivity index (χ0) is 13.1. The second-order valence-corrected chi connectivity index (χ2v) is 3.65. The first kappa shape index (κ1) is 12.5. The van der Waals surface area contributed by atoms with E-state index in [-0.39, 0.29) is 23.5 Å². The van der Waals surface area contributed by atoms with Gasteiger partial charge in [-0.25, -0.2) is 13.2 Å². The average molecular weight is 252 g/mol. The fourth-order valence-electron chi connectivity index (χ4n) is 1.72. The summed E-state index contributed by atoms with van der Waals surface area (Å²) in [5.74, 6) is -2.65. The summed E-state index contributed by atoms with van der Waals surface area (Å²) in [4.78, 5) is 0. The first-order valence-corrected chi connectivity index (χ1v) is 5.50. The molecule has 0 aliphatic heterocycles. The molecule has 0 atom stereocenters. The van der Waals surface area contributed by atoms with Crippen LogP contribution in [0.1, 0.15) is 6.92 Å². The van der Waals surface area contributed by atoms with Crippen molar-refractivity contribution in [2.75, 3.05) is 6.61 Å². The topological polar surface area (TPSA) is 9.23 Å². The largest absolute Gasteiger partial charge is 0.490 e. The van der Waals surface area contributed by atoms with Gasteiger partial charge in [-0.05, 0) is 19.1 Å². The van der Waals surface area contributed by atoms with E-state index in [4.69, 9.17) is 4.74 Å². The van der Waals surface area contributed by atoms with Gasteiger partial charge in [-0.3, -0.25) is 0 Å². The molecule has 2 aromatic rings. The van der Waals surface area contributed by atoms with Gasteiger partial charge in [-0.1, -0.05) is 24.3 Å². The highest BCUT2D eigenvalue weighted by atomic mass is 19.2. The third-order valence-electron chi connectivity index (χ3n) is 2.50. The van der Waals surface area contributed by atoms with Crippen molar-refractivity contribution in [2.45, 2.75) is 6.92 Å². The maximum Gasteiger partial charge on any atom is 0.166 e. The maximum atomic E-state index is 13.7. The van der Waals surface area contributed by atoms with E-state index in [2.05, 4.69) is 0 Å². The van der Waals surface area contributed by atoms with E-state index >= 15 is 0 Å². The van der Waals surface area contributed by atoms with E-state index < -0.39 is 17.5 Å². The predicted molar refractivity (Wildman–Crippen MR) is 62.9 cm³/mol. The van der Waals surface area contributed by atoms with Gasteiger partial charge in [-0.2, -0.15) is 0 Å². The lowest BCUT2D eigenvalue weighted by Gasteiger charge is -2.12. The fourth-order valence-corrected chi connectivity index (χ4v) is 1.72. The molecule has 0 unspecified atom stereocenters. The van der Waals surface area contributed by atoms with Crippen LogP contribution in [0.4, 0.5) is 13.2 Å². The highest BCUT2D eigenvalue weighted by Gasteiger charge is 2.16. The molecular weight excluding hydrogens is 241 g/mol. The minimum atomic E-state index is -1.01. The lowest BCUT2D eigenvalue weighted by molar-refractivity contribution is 0.323. The molecule has 0 amide bonds. The number of hydrogen-bond donors (Lipinski definition) is 0. The van der Waals surface area contributed by atoms with Crippen LogP contribution in [0, 0.1) is 17.5 Å². The summed E-state index contributed by atoms with van der Waals surface area (Å²) in [6, 6.07) is 7.90. The molecule has 0 aromatic heterocycles. The van der Waals surface area contributed by atoms with Gasteiger partial charge in [0.2, 0.25) is 0 Å². The van der Waals surface area contributed by atoms with Gasteiger partial charge in [0.25, 0.3) is 0 Å². The Bertz CT molecular complexity index is 567. The summed E-state index contributed by atoms with van der Waals surface area (Å²) in [5.41, 5.74) is 0.187. The van der Waals surface area contributed by atoms with Crippen LogP contribution in [0.5, 0.6) is 5.75 Å². The molecule has 0 radical (unpaired) electrons. The molecule has 0 heterocycles. The molecule has 94 valence electrons. The van der Waals surface area contributed by atoms with Crippen LogP contribution in [-0.2, 0) is 0 Å². The van der Waals surface area contributed by atoms with E-state index in [1.165, 1.54) is 30.3 Å². The number of para-hydroxylation sites is 1.